The fourth-order valence-corrected chi connectivity index (χ4v) is 3.45. The number of amides is 2. The molecule has 2 amide bonds. The molecular weight excluding hydrogens is 483 g/mol. The average Bonchev–Trinajstić information content (AvgIpc) is 2.84. The summed E-state index contributed by atoms with van der Waals surface area (Å²) in [6, 6.07) is 15.1. The zero-order valence-corrected chi connectivity index (χ0v) is 19.5. The van der Waals surface area contributed by atoms with Crippen LogP contribution >= 0.6 is 0 Å². The van der Waals surface area contributed by atoms with E-state index in [4.69, 9.17) is 0 Å². The van der Waals surface area contributed by atoms with Crippen molar-refractivity contribution in [1.82, 2.24) is 10.3 Å². The zero-order valence-electron chi connectivity index (χ0n) is 19.5. The van der Waals surface area contributed by atoms with E-state index in [-0.39, 0.29) is 23.0 Å². The fourth-order valence-electron chi connectivity index (χ4n) is 3.45. The van der Waals surface area contributed by atoms with Crippen LogP contribution < -0.4 is 16.0 Å². The van der Waals surface area contributed by atoms with Crippen molar-refractivity contribution in [2.75, 3.05) is 17.7 Å². The number of benzene rings is 2. The Labute approximate surface area is 203 Å². The van der Waals surface area contributed by atoms with Gasteiger partial charge >= 0.3 is 18.0 Å². The molecule has 1 atom stereocenters. The van der Waals surface area contributed by atoms with E-state index in [2.05, 4.69) is 15.6 Å². The largest absolute Gasteiger partial charge is 0.463 e. The van der Waals surface area contributed by atoms with Crippen molar-refractivity contribution in [3.63, 3.8) is 0 Å². The molecular formula is C25H23F5N4O2. The van der Waals surface area contributed by atoms with Crippen LogP contribution in [0, 0.1) is 6.92 Å². The molecule has 0 radical (unpaired) electrons. The summed E-state index contributed by atoms with van der Waals surface area (Å²) in [5.74, 6) is -8.37. The molecule has 11 heteroatoms. The van der Waals surface area contributed by atoms with Crippen LogP contribution in [0.2, 0.25) is 0 Å². The van der Waals surface area contributed by atoms with Crippen LogP contribution in [-0.2, 0) is 4.79 Å². The number of carbonyl (C=O) groups is 2. The van der Waals surface area contributed by atoms with Gasteiger partial charge in [-0.25, -0.2) is 4.98 Å². The minimum atomic E-state index is -6.04. The molecule has 1 aromatic heterocycles. The van der Waals surface area contributed by atoms with Crippen LogP contribution in [0.25, 0.3) is 11.1 Å². The van der Waals surface area contributed by atoms with Gasteiger partial charge < -0.3 is 16.0 Å². The summed E-state index contributed by atoms with van der Waals surface area (Å²) in [6.45, 7) is 3.17. The maximum absolute atomic E-state index is 13.5. The number of hydrogen-bond donors (Lipinski definition) is 3. The summed E-state index contributed by atoms with van der Waals surface area (Å²) < 4.78 is 64.8. The van der Waals surface area contributed by atoms with E-state index in [9.17, 15) is 31.5 Å². The van der Waals surface area contributed by atoms with Crippen molar-refractivity contribution in [3.05, 3.63) is 77.5 Å². The van der Waals surface area contributed by atoms with Crippen LogP contribution in [0.3, 0.4) is 0 Å². The predicted molar refractivity (Wildman–Crippen MR) is 126 cm³/mol. The first kappa shape index (κ1) is 26.6. The van der Waals surface area contributed by atoms with E-state index in [1.165, 1.54) is 26.2 Å². The van der Waals surface area contributed by atoms with Crippen molar-refractivity contribution < 1.29 is 31.5 Å². The van der Waals surface area contributed by atoms with Crippen molar-refractivity contribution in [3.8, 4) is 11.1 Å². The summed E-state index contributed by atoms with van der Waals surface area (Å²) in [4.78, 5) is 27.9. The first-order chi connectivity index (χ1) is 16.9. The van der Waals surface area contributed by atoms with Gasteiger partial charge in [0.2, 0.25) is 0 Å². The third-order valence-electron chi connectivity index (χ3n) is 5.51. The average molecular weight is 506 g/mol. The third-order valence-corrected chi connectivity index (χ3v) is 5.51. The number of hydrogen-bond acceptors (Lipinski definition) is 4. The molecule has 0 saturated heterocycles. The lowest BCUT2D eigenvalue weighted by Gasteiger charge is -2.22. The van der Waals surface area contributed by atoms with E-state index < -0.39 is 24.0 Å². The Hall–Kier alpha value is -4.02. The Bertz CT molecular complexity index is 1260. The Morgan fingerprint density at radius 1 is 0.944 bits per heavy atom. The molecule has 0 saturated carbocycles. The maximum Gasteiger partial charge on any atom is 0.463 e. The summed E-state index contributed by atoms with van der Waals surface area (Å²) >= 11 is 0. The monoisotopic (exact) mass is 506 g/mol. The molecule has 1 unspecified atom stereocenters. The molecule has 3 aromatic rings. The minimum absolute atomic E-state index is 0.0668. The van der Waals surface area contributed by atoms with Gasteiger partial charge in [-0.3, -0.25) is 9.59 Å². The normalized spacial score (nSPS) is 12.6. The van der Waals surface area contributed by atoms with Gasteiger partial charge in [-0.05, 0) is 48.2 Å². The van der Waals surface area contributed by atoms with Gasteiger partial charge in [0.1, 0.15) is 0 Å². The van der Waals surface area contributed by atoms with Crippen LogP contribution in [0.1, 0.15) is 34.5 Å². The van der Waals surface area contributed by atoms with Crippen molar-refractivity contribution >= 4 is 23.3 Å². The second-order valence-corrected chi connectivity index (χ2v) is 7.99. The lowest BCUT2D eigenvalue weighted by molar-refractivity contribution is -0.267. The molecule has 0 spiro atoms. The predicted octanol–water partition coefficient (Wildman–Crippen LogP) is 5.73. The van der Waals surface area contributed by atoms with Gasteiger partial charge in [0, 0.05) is 18.8 Å². The van der Waals surface area contributed by atoms with Crippen molar-refractivity contribution in [1.29, 1.82) is 0 Å². The lowest BCUT2D eigenvalue weighted by Crippen LogP contribution is -2.47. The quantitative estimate of drug-likeness (QED) is 0.358. The van der Waals surface area contributed by atoms with Crippen molar-refractivity contribution in [2.24, 2.45) is 0 Å². The van der Waals surface area contributed by atoms with E-state index in [0.717, 1.165) is 16.7 Å². The second kappa shape index (κ2) is 10.3. The van der Waals surface area contributed by atoms with Crippen LogP contribution in [-0.4, -0.2) is 35.9 Å². The molecule has 3 rings (SSSR count). The number of nitrogens with zero attached hydrogens (tertiary/aromatic N) is 1. The molecule has 0 bridgehead atoms. The van der Waals surface area contributed by atoms with E-state index in [0.29, 0.717) is 5.56 Å². The number of carbonyl (C=O) groups excluding carboxylic acids is 2. The Balaban J connectivity index is 1.84. The lowest BCUT2D eigenvalue weighted by atomic mass is 9.97. The number of rotatable bonds is 7. The Kier molecular flexibility index (Phi) is 7.61. The summed E-state index contributed by atoms with van der Waals surface area (Å²) in [7, 11) is 1.54. The van der Waals surface area contributed by atoms with E-state index >= 15 is 0 Å². The van der Waals surface area contributed by atoms with Crippen LogP contribution in [0.4, 0.5) is 33.5 Å². The molecule has 1 heterocycles. The van der Waals surface area contributed by atoms with Gasteiger partial charge in [0.05, 0.1) is 11.7 Å². The van der Waals surface area contributed by atoms with Crippen LogP contribution in [0.15, 0.2) is 60.8 Å². The van der Waals surface area contributed by atoms with Gasteiger partial charge in [-0.15, -0.1) is 0 Å². The third kappa shape index (κ3) is 5.45. The fraction of sp³-hybridized carbons (Fsp3) is 0.240. The molecule has 6 nitrogen and oxygen atoms in total. The molecule has 0 fully saturated rings. The summed E-state index contributed by atoms with van der Waals surface area (Å²) in [6.07, 6.45) is -4.70. The number of aryl methyl sites for hydroxylation is 1. The van der Waals surface area contributed by atoms with Crippen molar-refractivity contribution in [2.45, 2.75) is 32.0 Å². The van der Waals surface area contributed by atoms with Gasteiger partial charge in [0.15, 0.2) is 5.82 Å². The highest BCUT2D eigenvalue weighted by Gasteiger charge is 2.63. The number of anilines is 2. The van der Waals surface area contributed by atoms with Gasteiger partial charge in [-0.2, -0.15) is 22.0 Å². The highest BCUT2D eigenvalue weighted by molar-refractivity contribution is 6.01. The second-order valence-electron chi connectivity index (χ2n) is 7.99. The highest BCUT2D eigenvalue weighted by atomic mass is 19.4. The number of alkyl halides is 5. The molecule has 0 aliphatic carbocycles. The molecule has 0 aliphatic rings. The summed E-state index contributed by atoms with van der Waals surface area (Å²) in [5, 5.41) is 7.20. The Morgan fingerprint density at radius 2 is 1.58 bits per heavy atom. The van der Waals surface area contributed by atoms with Gasteiger partial charge in [0.25, 0.3) is 5.91 Å². The molecule has 0 aliphatic heterocycles. The topological polar surface area (TPSA) is 83.1 Å². The maximum atomic E-state index is 13.5. The van der Waals surface area contributed by atoms with Gasteiger partial charge in [-0.1, -0.05) is 42.5 Å². The molecule has 36 heavy (non-hydrogen) atoms. The molecule has 2 aromatic carbocycles. The smallest absolute Gasteiger partial charge is 0.362 e. The molecule has 3 N–H and O–H groups in total. The van der Waals surface area contributed by atoms with E-state index in [1.807, 2.05) is 6.07 Å². The van der Waals surface area contributed by atoms with Crippen LogP contribution in [0.5, 0.6) is 0 Å². The van der Waals surface area contributed by atoms with E-state index in [1.54, 1.807) is 54.7 Å². The minimum Gasteiger partial charge on any atom is -0.362 e. The number of pyridine rings is 1. The summed E-state index contributed by atoms with van der Waals surface area (Å²) in [5.41, 5.74) is 2.69. The first-order valence-electron chi connectivity index (χ1n) is 10.8. The molecule has 190 valence electrons. The zero-order chi connectivity index (χ0) is 26.7. The number of nitrogens with one attached hydrogen (secondary N) is 3. The number of halogens is 5. The first-order valence-corrected chi connectivity index (χ1v) is 10.8. The number of aromatic nitrogens is 1. The Morgan fingerprint density at radius 3 is 2.19 bits per heavy atom. The highest BCUT2D eigenvalue weighted by Crippen LogP contribution is 2.37. The standard InChI is InChI=1S/C25H23F5N4O2/c1-14-12-13-32-21(20(14)34-23(36)24(26,27)25(28,29)30)33-15(2)16-8-10-17(11-9-16)18-6-4-5-7-19(18)22(35)31-3/h4-13,15H,1-3H3,(H,31,35)(H,32,33)(H,34,36). The SMILES string of the molecule is CNC(=O)c1ccccc1-c1ccc(C(C)Nc2nccc(C)c2NC(=O)C(F)(F)C(F)(F)F)cc1.